The highest BCUT2D eigenvalue weighted by Crippen LogP contribution is 2.38. The number of hydrogen-bond acceptors (Lipinski definition) is 6. The third kappa shape index (κ3) is 41.2. The third-order valence-corrected chi connectivity index (χ3v) is 11.6. The molecule has 0 fully saturated rings. The maximum absolute atomic E-state index is 12.8. The molecule has 0 heterocycles. The molecule has 0 spiro atoms. The van der Waals surface area contributed by atoms with Crippen molar-refractivity contribution in [2.24, 2.45) is 0 Å². The number of nitrogens with zero attached hydrogens (tertiary/aromatic N) is 1. The average Bonchev–Trinajstić information content (AvgIpc) is 3.15. The monoisotopic (exact) mass is 813 g/mol. The number of allylic oxidation sites excluding steroid dienone is 3. The number of aliphatic hydroxyl groups is 1. The van der Waals surface area contributed by atoms with E-state index in [1.807, 2.05) is 27.2 Å². The Morgan fingerprint density at radius 2 is 0.982 bits per heavy atom. The molecule has 0 aromatic carbocycles. The molecule has 3 atom stereocenters. The molecule has 0 aliphatic heterocycles. The summed E-state index contributed by atoms with van der Waals surface area (Å²) in [4.78, 5) is 25.3. The van der Waals surface area contributed by atoms with Crippen LogP contribution >= 0.6 is 7.82 Å². The molecule has 1 amide bonds. The molecule has 2 N–H and O–H groups in total. The molecule has 0 saturated carbocycles. The zero-order valence-corrected chi connectivity index (χ0v) is 38.5. The van der Waals surface area contributed by atoms with E-state index in [1.165, 1.54) is 148 Å². The predicted molar refractivity (Wildman–Crippen MR) is 238 cm³/mol. The van der Waals surface area contributed by atoms with E-state index in [2.05, 4.69) is 31.3 Å². The molecule has 0 rings (SSSR count). The Morgan fingerprint density at radius 1 is 0.607 bits per heavy atom. The fourth-order valence-corrected chi connectivity index (χ4v) is 7.58. The van der Waals surface area contributed by atoms with Crippen molar-refractivity contribution >= 4 is 13.7 Å². The Morgan fingerprint density at radius 3 is 1.41 bits per heavy atom. The van der Waals surface area contributed by atoms with Crippen molar-refractivity contribution in [3.8, 4) is 0 Å². The Labute approximate surface area is 347 Å². The van der Waals surface area contributed by atoms with Crippen molar-refractivity contribution < 1.29 is 32.9 Å². The van der Waals surface area contributed by atoms with Crippen LogP contribution in [0.5, 0.6) is 0 Å². The number of carbonyl (C=O) groups is 1. The van der Waals surface area contributed by atoms with Crippen molar-refractivity contribution in [1.82, 2.24) is 5.32 Å². The molecule has 0 aliphatic carbocycles. The lowest BCUT2D eigenvalue weighted by Gasteiger charge is -2.29. The van der Waals surface area contributed by atoms with Gasteiger partial charge in [-0.15, -0.1) is 0 Å². The number of hydrogen-bond donors (Lipinski definition) is 2. The van der Waals surface area contributed by atoms with Gasteiger partial charge in [0.25, 0.3) is 7.82 Å². The first-order valence-electron chi connectivity index (χ1n) is 23.7. The summed E-state index contributed by atoms with van der Waals surface area (Å²) in [7, 11) is 1.26. The van der Waals surface area contributed by atoms with Crippen LogP contribution in [0.15, 0.2) is 24.3 Å². The third-order valence-electron chi connectivity index (χ3n) is 10.7. The summed E-state index contributed by atoms with van der Waals surface area (Å²) in [6.45, 7) is 4.63. The van der Waals surface area contributed by atoms with Crippen LogP contribution in [0.4, 0.5) is 0 Å². The molecule has 9 heteroatoms. The van der Waals surface area contributed by atoms with Crippen LogP contribution in [-0.4, -0.2) is 68.5 Å². The summed E-state index contributed by atoms with van der Waals surface area (Å²) in [6, 6.07) is -0.887. The fraction of sp³-hybridized carbons (Fsp3) is 0.894. The van der Waals surface area contributed by atoms with E-state index in [0.717, 1.165) is 51.4 Å². The van der Waals surface area contributed by atoms with Gasteiger partial charge in [-0.25, -0.2) is 0 Å². The minimum atomic E-state index is -4.59. The molecule has 332 valence electrons. The number of unbranched alkanes of at least 4 members (excludes halogenated alkanes) is 28. The van der Waals surface area contributed by atoms with E-state index in [-0.39, 0.29) is 19.1 Å². The van der Waals surface area contributed by atoms with Gasteiger partial charge in [-0.3, -0.25) is 9.36 Å². The molecule has 0 radical (unpaired) electrons. The lowest BCUT2D eigenvalue weighted by Crippen LogP contribution is -2.45. The Hall–Kier alpha value is -1.02. The standard InChI is InChI=1S/C47H93N2O6P/c1-6-8-10-12-14-16-18-20-21-22-23-24-25-26-27-29-30-32-34-36-38-40-46(50)45(44-55-56(52,53)54-43-42-49(3,4)5)48-47(51)41-39-37-35-33-31-28-19-17-15-13-11-9-7-2/h17,19,38,40,45-46,50H,6-16,18,20-37,39,41-44H2,1-5H3,(H-,48,51,52,53)/b19-17-,40-38+. The van der Waals surface area contributed by atoms with Crippen molar-refractivity contribution in [3.63, 3.8) is 0 Å². The number of phosphoric ester groups is 1. The van der Waals surface area contributed by atoms with Gasteiger partial charge in [-0.05, 0) is 44.9 Å². The van der Waals surface area contributed by atoms with Crippen LogP contribution in [0.1, 0.15) is 219 Å². The molecule has 8 nitrogen and oxygen atoms in total. The second-order valence-electron chi connectivity index (χ2n) is 17.5. The van der Waals surface area contributed by atoms with E-state index < -0.39 is 20.0 Å². The second kappa shape index (κ2) is 39.4. The van der Waals surface area contributed by atoms with Gasteiger partial charge in [0, 0.05) is 6.42 Å². The van der Waals surface area contributed by atoms with Gasteiger partial charge in [0.15, 0.2) is 0 Å². The highest BCUT2D eigenvalue weighted by Gasteiger charge is 2.23. The number of phosphoric acid groups is 1. The van der Waals surface area contributed by atoms with Crippen LogP contribution in [0.2, 0.25) is 0 Å². The Balaban J connectivity index is 4.34. The second-order valence-corrected chi connectivity index (χ2v) is 18.9. The highest BCUT2D eigenvalue weighted by molar-refractivity contribution is 7.45. The first-order valence-corrected chi connectivity index (χ1v) is 25.2. The first kappa shape index (κ1) is 55.0. The lowest BCUT2D eigenvalue weighted by molar-refractivity contribution is -0.870. The molecule has 0 aromatic heterocycles. The van der Waals surface area contributed by atoms with E-state index >= 15 is 0 Å². The number of likely N-dealkylation sites (N-methyl/N-ethyl adjacent to an activating group) is 1. The van der Waals surface area contributed by atoms with Gasteiger partial charge in [0.05, 0.1) is 39.9 Å². The molecule has 0 bridgehead atoms. The summed E-state index contributed by atoms with van der Waals surface area (Å²) in [6.07, 6.45) is 46.5. The first-order chi connectivity index (χ1) is 27.0. The number of quaternary nitrogens is 1. The number of rotatable bonds is 43. The van der Waals surface area contributed by atoms with Gasteiger partial charge < -0.3 is 28.8 Å². The number of amides is 1. The quantitative estimate of drug-likeness (QED) is 0.0275. The van der Waals surface area contributed by atoms with Crippen LogP contribution in [-0.2, 0) is 18.4 Å². The molecular formula is C47H93N2O6P. The van der Waals surface area contributed by atoms with Crippen LogP contribution in [0, 0.1) is 0 Å². The van der Waals surface area contributed by atoms with E-state index in [9.17, 15) is 19.4 Å². The van der Waals surface area contributed by atoms with Gasteiger partial charge >= 0.3 is 0 Å². The topological polar surface area (TPSA) is 108 Å². The summed E-state index contributed by atoms with van der Waals surface area (Å²) >= 11 is 0. The van der Waals surface area contributed by atoms with Crippen molar-refractivity contribution in [2.75, 3.05) is 40.9 Å². The zero-order chi connectivity index (χ0) is 41.4. The van der Waals surface area contributed by atoms with Crippen molar-refractivity contribution in [3.05, 3.63) is 24.3 Å². The molecule has 56 heavy (non-hydrogen) atoms. The van der Waals surface area contributed by atoms with Crippen molar-refractivity contribution in [1.29, 1.82) is 0 Å². The van der Waals surface area contributed by atoms with Gasteiger partial charge in [0.2, 0.25) is 5.91 Å². The minimum Gasteiger partial charge on any atom is -0.756 e. The highest BCUT2D eigenvalue weighted by atomic mass is 31.2. The zero-order valence-electron chi connectivity index (χ0n) is 37.6. The summed E-state index contributed by atoms with van der Waals surface area (Å²) in [5.74, 6) is -0.206. The smallest absolute Gasteiger partial charge is 0.268 e. The Kier molecular flexibility index (Phi) is 38.7. The summed E-state index contributed by atoms with van der Waals surface area (Å²) in [5, 5.41) is 13.8. The maximum Gasteiger partial charge on any atom is 0.268 e. The molecule has 0 saturated heterocycles. The van der Waals surface area contributed by atoms with E-state index in [0.29, 0.717) is 17.4 Å². The van der Waals surface area contributed by atoms with Gasteiger partial charge in [0.1, 0.15) is 13.2 Å². The van der Waals surface area contributed by atoms with E-state index in [4.69, 9.17) is 9.05 Å². The van der Waals surface area contributed by atoms with Crippen LogP contribution < -0.4 is 10.2 Å². The van der Waals surface area contributed by atoms with Gasteiger partial charge in [-0.1, -0.05) is 192 Å². The largest absolute Gasteiger partial charge is 0.756 e. The lowest BCUT2D eigenvalue weighted by atomic mass is 10.0. The number of aliphatic hydroxyl groups excluding tert-OH is 1. The average molecular weight is 813 g/mol. The summed E-state index contributed by atoms with van der Waals surface area (Å²) in [5.41, 5.74) is 0. The van der Waals surface area contributed by atoms with Gasteiger partial charge in [-0.2, -0.15) is 0 Å². The molecule has 0 aromatic rings. The molecular weight excluding hydrogens is 719 g/mol. The number of carbonyl (C=O) groups excluding carboxylic acids is 1. The number of nitrogens with one attached hydrogen (secondary N) is 1. The molecule has 0 aliphatic rings. The normalized spacial score (nSPS) is 14.5. The van der Waals surface area contributed by atoms with Crippen LogP contribution in [0.25, 0.3) is 0 Å². The minimum absolute atomic E-state index is 0.00145. The van der Waals surface area contributed by atoms with Crippen LogP contribution in [0.3, 0.4) is 0 Å². The maximum atomic E-state index is 12.8. The van der Waals surface area contributed by atoms with Crippen molar-refractivity contribution in [2.45, 2.75) is 231 Å². The molecule has 3 unspecified atom stereocenters. The van der Waals surface area contributed by atoms with E-state index in [1.54, 1.807) is 6.08 Å². The Bertz CT molecular complexity index is 969. The predicted octanol–water partition coefficient (Wildman–Crippen LogP) is 12.7. The fourth-order valence-electron chi connectivity index (χ4n) is 6.85. The SMILES string of the molecule is CCCCCC/C=C\CCCCCCCC(=O)NC(COP(=O)([O-])OCC[N+](C)(C)C)C(O)/C=C/CCCCCCCCCCCCCCCCCCCCC. The summed E-state index contributed by atoms with van der Waals surface area (Å²) < 4.78 is 23.2.